The largest absolute Gasteiger partial charge is 0.392 e. The number of rotatable bonds is 6. The molecule has 0 aromatic carbocycles. The number of aliphatic hydroxyl groups excluding tert-OH is 1. The molecule has 5 heteroatoms. The van der Waals surface area contributed by atoms with Crippen LogP contribution in [0.3, 0.4) is 0 Å². The second-order valence-electron chi connectivity index (χ2n) is 9.87. The molecule has 3 fully saturated rings. The number of methoxy groups -OCH3 is 1. The first kappa shape index (κ1) is 20.8. The van der Waals surface area contributed by atoms with Crippen LogP contribution in [0.15, 0.2) is 41.1 Å². The lowest BCUT2D eigenvalue weighted by molar-refractivity contribution is -0.0810. The molecule has 4 rings (SSSR count). The zero-order chi connectivity index (χ0) is 20.6. The van der Waals surface area contributed by atoms with Crippen molar-refractivity contribution < 1.29 is 14.7 Å². The lowest BCUT2D eigenvalue weighted by atomic mass is 9.47. The first-order valence-corrected chi connectivity index (χ1v) is 11.1. The van der Waals surface area contributed by atoms with E-state index in [1.165, 1.54) is 37.7 Å². The lowest BCUT2D eigenvalue weighted by Gasteiger charge is -2.57. The Morgan fingerprint density at radius 3 is 2.86 bits per heavy atom. The van der Waals surface area contributed by atoms with E-state index in [0.717, 1.165) is 29.5 Å². The van der Waals surface area contributed by atoms with E-state index >= 15 is 0 Å². The Morgan fingerprint density at radius 1 is 1.28 bits per heavy atom. The molecule has 5 nitrogen and oxygen atoms in total. The summed E-state index contributed by atoms with van der Waals surface area (Å²) in [5.41, 5.74) is 6.52. The molecule has 29 heavy (non-hydrogen) atoms. The standard InChI is InChI=1S/C24H36N2O3/c1-16(14-27)20-7-8-21-19-6-5-17-13-18(25-26-29-15-28-4)9-11-23(17,2)22(19)10-12-24(20,21)3/h9,11,13,19-22,26-27H,1,5-8,10,12,14-15H2,2-4H3/b25-18+. The predicted molar refractivity (Wildman–Crippen MR) is 115 cm³/mol. The van der Waals surface area contributed by atoms with Crippen LogP contribution < -0.4 is 5.59 Å². The smallest absolute Gasteiger partial charge is 0.174 e. The average molecular weight is 401 g/mol. The molecule has 0 bridgehead atoms. The first-order chi connectivity index (χ1) is 13.9. The van der Waals surface area contributed by atoms with E-state index in [2.05, 4.69) is 49.3 Å². The topological polar surface area (TPSA) is 63.1 Å². The van der Waals surface area contributed by atoms with Crippen LogP contribution in [0.4, 0.5) is 0 Å². The van der Waals surface area contributed by atoms with Crippen molar-refractivity contribution in [3.05, 3.63) is 36.0 Å². The predicted octanol–water partition coefficient (Wildman–Crippen LogP) is 4.37. The van der Waals surface area contributed by atoms with E-state index in [1.807, 2.05) is 0 Å². The maximum atomic E-state index is 9.70. The maximum Gasteiger partial charge on any atom is 0.174 e. The molecule has 3 saturated carbocycles. The summed E-state index contributed by atoms with van der Waals surface area (Å²) in [6.45, 7) is 9.43. The van der Waals surface area contributed by atoms with Gasteiger partial charge in [-0.3, -0.25) is 0 Å². The number of hydrogen-bond donors (Lipinski definition) is 2. The molecule has 0 aliphatic heterocycles. The van der Waals surface area contributed by atoms with E-state index in [9.17, 15) is 5.11 Å². The quantitative estimate of drug-likeness (QED) is 0.301. The second kappa shape index (κ2) is 8.01. The first-order valence-electron chi connectivity index (χ1n) is 11.1. The van der Waals surface area contributed by atoms with E-state index in [-0.39, 0.29) is 18.8 Å². The third kappa shape index (κ3) is 3.41. The van der Waals surface area contributed by atoms with Crippen LogP contribution in [0.25, 0.3) is 0 Å². The fourth-order valence-electron chi connectivity index (χ4n) is 7.23. The Kier molecular flexibility index (Phi) is 5.75. The van der Waals surface area contributed by atoms with Crippen LogP contribution in [-0.2, 0) is 9.57 Å². The Bertz CT molecular complexity index is 742. The summed E-state index contributed by atoms with van der Waals surface area (Å²) in [6.07, 6.45) is 14.2. The summed E-state index contributed by atoms with van der Waals surface area (Å²) in [4.78, 5) is 5.08. The van der Waals surface area contributed by atoms with Gasteiger partial charge in [0.1, 0.15) is 0 Å². The van der Waals surface area contributed by atoms with Gasteiger partial charge in [0.05, 0.1) is 12.3 Å². The van der Waals surface area contributed by atoms with Crippen LogP contribution in [0.1, 0.15) is 52.4 Å². The van der Waals surface area contributed by atoms with Crippen LogP contribution >= 0.6 is 0 Å². The highest BCUT2D eigenvalue weighted by Gasteiger charge is 2.58. The Labute approximate surface area is 174 Å². The number of hydrogen-bond acceptors (Lipinski definition) is 5. The van der Waals surface area contributed by atoms with Gasteiger partial charge in [-0.25, -0.2) is 4.84 Å². The SMILES string of the molecule is C=C(CO)C1CCC2C3CCC4=C/C(=N/NOCOC)C=CC4(C)C3CCC12C. The molecule has 0 radical (unpaired) electrons. The normalized spacial score (nSPS) is 42.1. The van der Waals surface area contributed by atoms with Crippen molar-refractivity contribution in [2.24, 2.45) is 39.6 Å². The fraction of sp³-hybridized carbons (Fsp3) is 0.708. The second-order valence-corrected chi connectivity index (χ2v) is 9.87. The minimum atomic E-state index is 0.128. The van der Waals surface area contributed by atoms with Crippen molar-refractivity contribution >= 4 is 5.71 Å². The van der Waals surface area contributed by atoms with Crippen molar-refractivity contribution in [2.45, 2.75) is 52.4 Å². The van der Waals surface area contributed by atoms with Crippen LogP contribution in [0.2, 0.25) is 0 Å². The van der Waals surface area contributed by atoms with Crippen LogP contribution in [-0.4, -0.2) is 31.3 Å². The Hall–Kier alpha value is -1.43. The molecule has 4 aliphatic rings. The molecule has 6 unspecified atom stereocenters. The van der Waals surface area contributed by atoms with Crippen molar-refractivity contribution in [3.63, 3.8) is 0 Å². The number of nitrogens with zero attached hydrogens (tertiary/aromatic N) is 1. The van der Waals surface area contributed by atoms with Crippen molar-refractivity contribution in [3.8, 4) is 0 Å². The minimum absolute atomic E-state index is 0.128. The fourth-order valence-corrected chi connectivity index (χ4v) is 7.23. The monoisotopic (exact) mass is 400 g/mol. The molecule has 160 valence electrons. The number of allylic oxidation sites excluding steroid dienone is 4. The summed E-state index contributed by atoms with van der Waals surface area (Å²) in [6, 6.07) is 0. The van der Waals surface area contributed by atoms with Gasteiger partial charge >= 0.3 is 0 Å². The Balaban J connectivity index is 1.53. The average Bonchev–Trinajstić information content (AvgIpc) is 3.08. The molecule has 2 N–H and O–H groups in total. The van der Waals surface area contributed by atoms with E-state index in [1.54, 1.807) is 7.11 Å². The van der Waals surface area contributed by atoms with E-state index in [0.29, 0.717) is 17.3 Å². The highest BCUT2D eigenvalue weighted by Crippen LogP contribution is 2.66. The molecule has 0 heterocycles. The van der Waals surface area contributed by atoms with Crippen LogP contribution in [0, 0.1) is 34.5 Å². The highest BCUT2D eigenvalue weighted by molar-refractivity contribution is 6.05. The van der Waals surface area contributed by atoms with Gasteiger partial charge in [-0.15, -0.1) is 0 Å². The molecule has 0 saturated heterocycles. The van der Waals surface area contributed by atoms with Crippen molar-refractivity contribution in [1.82, 2.24) is 5.59 Å². The molecular formula is C24H36N2O3. The summed E-state index contributed by atoms with van der Waals surface area (Å²) in [5, 5.41) is 14.0. The molecule has 0 spiro atoms. The number of fused-ring (bicyclic) bond motifs is 5. The summed E-state index contributed by atoms with van der Waals surface area (Å²) in [5.74, 6) is 2.69. The molecular weight excluding hydrogens is 364 g/mol. The van der Waals surface area contributed by atoms with Gasteiger partial charge in [0, 0.05) is 12.5 Å². The minimum Gasteiger partial charge on any atom is -0.392 e. The van der Waals surface area contributed by atoms with Crippen LogP contribution in [0.5, 0.6) is 0 Å². The molecule has 6 atom stereocenters. The lowest BCUT2D eigenvalue weighted by Crippen LogP contribution is -2.49. The number of aliphatic hydroxyl groups is 1. The molecule has 4 aliphatic carbocycles. The molecule has 0 amide bonds. The highest BCUT2D eigenvalue weighted by atomic mass is 16.8. The summed E-state index contributed by atoms with van der Waals surface area (Å²) >= 11 is 0. The van der Waals surface area contributed by atoms with E-state index < -0.39 is 0 Å². The summed E-state index contributed by atoms with van der Waals surface area (Å²) in [7, 11) is 1.59. The number of hydrazone groups is 1. The third-order valence-electron chi connectivity index (χ3n) is 8.68. The molecule has 0 aromatic rings. The van der Waals surface area contributed by atoms with Crippen molar-refractivity contribution in [2.75, 3.05) is 20.5 Å². The van der Waals surface area contributed by atoms with Gasteiger partial charge in [0.25, 0.3) is 0 Å². The summed E-state index contributed by atoms with van der Waals surface area (Å²) < 4.78 is 4.86. The van der Waals surface area contributed by atoms with Gasteiger partial charge in [0.15, 0.2) is 6.79 Å². The van der Waals surface area contributed by atoms with E-state index in [4.69, 9.17) is 9.57 Å². The maximum absolute atomic E-state index is 9.70. The number of nitrogens with one attached hydrogen (secondary N) is 1. The van der Waals surface area contributed by atoms with Gasteiger partial charge in [-0.1, -0.05) is 32.1 Å². The Morgan fingerprint density at radius 2 is 2.10 bits per heavy atom. The molecule has 0 aromatic heterocycles. The number of ether oxygens (including phenoxy) is 1. The van der Waals surface area contributed by atoms with Gasteiger partial charge in [-0.05, 0) is 85.3 Å². The zero-order valence-corrected chi connectivity index (χ0v) is 18.1. The third-order valence-corrected chi connectivity index (χ3v) is 8.68. The van der Waals surface area contributed by atoms with Gasteiger partial charge in [-0.2, -0.15) is 10.7 Å². The van der Waals surface area contributed by atoms with Gasteiger partial charge < -0.3 is 9.84 Å². The zero-order valence-electron chi connectivity index (χ0n) is 18.1. The van der Waals surface area contributed by atoms with Gasteiger partial charge in [0.2, 0.25) is 0 Å². The van der Waals surface area contributed by atoms with Crippen molar-refractivity contribution in [1.29, 1.82) is 0 Å².